The summed E-state index contributed by atoms with van der Waals surface area (Å²) in [6.45, 7) is 6.33. The highest BCUT2D eigenvalue weighted by Crippen LogP contribution is 2.34. The molecule has 0 aliphatic carbocycles. The number of anilines is 1. The molecular formula is C15H18F3N3. The number of para-hydroxylation sites is 1. The third kappa shape index (κ3) is 3.77. The largest absolute Gasteiger partial charge is 0.418 e. The Labute approximate surface area is 121 Å². The highest BCUT2D eigenvalue weighted by atomic mass is 19.4. The molecule has 0 aliphatic rings. The van der Waals surface area contributed by atoms with Crippen molar-refractivity contribution >= 4 is 5.69 Å². The molecule has 3 nitrogen and oxygen atoms in total. The maximum Gasteiger partial charge on any atom is 0.418 e. The minimum absolute atomic E-state index is 0.0773. The van der Waals surface area contributed by atoms with Crippen LogP contribution in [0.2, 0.25) is 0 Å². The number of aromatic nitrogens is 2. The van der Waals surface area contributed by atoms with Gasteiger partial charge in [-0.25, -0.2) is 0 Å². The van der Waals surface area contributed by atoms with Crippen LogP contribution < -0.4 is 5.32 Å². The number of nitrogens with zero attached hydrogens (tertiary/aromatic N) is 2. The lowest BCUT2D eigenvalue weighted by Crippen LogP contribution is -2.22. The summed E-state index contributed by atoms with van der Waals surface area (Å²) in [5.74, 6) is 0. The molecule has 0 atom stereocenters. The Morgan fingerprint density at radius 2 is 1.81 bits per heavy atom. The molecule has 2 aromatic rings. The lowest BCUT2D eigenvalue weighted by Gasteiger charge is -2.18. The molecule has 0 fully saturated rings. The van der Waals surface area contributed by atoms with E-state index in [1.165, 1.54) is 12.1 Å². The number of alkyl halides is 3. The summed E-state index contributed by atoms with van der Waals surface area (Å²) >= 11 is 0. The molecular weight excluding hydrogens is 279 g/mol. The molecule has 1 aromatic carbocycles. The first-order chi connectivity index (χ1) is 9.68. The maximum atomic E-state index is 12.9. The third-order valence-electron chi connectivity index (χ3n) is 3.04. The van der Waals surface area contributed by atoms with Crippen molar-refractivity contribution in [2.45, 2.75) is 39.0 Å². The fourth-order valence-corrected chi connectivity index (χ4v) is 1.90. The average molecular weight is 297 g/mol. The molecule has 2 rings (SSSR count). The Kier molecular flexibility index (Phi) is 3.98. The smallest absolute Gasteiger partial charge is 0.380 e. The number of hydrogen-bond acceptors (Lipinski definition) is 2. The number of hydrogen-bond donors (Lipinski definition) is 1. The molecule has 1 aromatic heterocycles. The molecule has 0 amide bonds. The van der Waals surface area contributed by atoms with Crippen LogP contribution in [0.25, 0.3) is 0 Å². The zero-order valence-electron chi connectivity index (χ0n) is 12.2. The molecule has 0 saturated heterocycles. The second kappa shape index (κ2) is 5.42. The SMILES string of the molecule is CC(C)(C)n1cc(CNc2ccccc2C(F)(F)F)cn1. The predicted octanol–water partition coefficient (Wildman–Crippen LogP) is 4.27. The number of rotatable bonds is 3. The van der Waals surface area contributed by atoms with E-state index in [2.05, 4.69) is 10.4 Å². The van der Waals surface area contributed by atoms with Crippen LogP contribution in [0, 0.1) is 0 Å². The molecule has 6 heteroatoms. The summed E-state index contributed by atoms with van der Waals surface area (Å²) in [6, 6.07) is 5.46. The zero-order chi connectivity index (χ0) is 15.7. The summed E-state index contributed by atoms with van der Waals surface area (Å²) in [5, 5.41) is 7.05. The summed E-state index contributed by atoms with van der Waals surface area (Å²) in [7, 11) is 0. The third-order valence-corrected chi connectivity index (χ3v) is 3.04. The maximum absolute atomic E-state index is 12.9. The molecule has 114 valence electrons. The van der Waals surface area contributed by atoms with E-state index in [9.17, 15) is 13.2 Å². The number of benzene rings is 1. The molecule has 0 spiro atoms. The Morgan fingerprint density at radius 1 is 1.14 bits per heavy atom. The highest BCUT2D eigenvalue weighted by Gasteiger charge is 2.33. The highest BCUT2D eigenvalue weighted by molar-refractivity contribution is 5.52. The lowest BCUT2D eigenvalue weighted by atomic mass is 10.1. The van der Waals surface area contributed by atoms with Gasteiger partial charge in [0.05, 0.1) is 17.3 Å². The van der Waals surface area contributed by atoms with Crippen molar-refractivity contribution in [3.8, 4) is 0 Å². The molecule has 0 bridgehead atoms. The van der Waals surface area contributed by atoms with Gasteiger partial charge >= 0.3 is 6.18 Å². The van der Waals surface area contributed by atoms with Gasteiger partial charge in [0.2, 0.25) is 0 Å². The number of halogens is 3. The van der Waals surface area contributed by atoms with Crippen molar-refractivity contribution in [1.82, 2.24) is 9.78 Å². The van der Waals surface area contributed by atoms with E-state index in [0.717, 1.165) is 11.6 Å². The Morgan fingerprint density at radius 3 is 2.38 bits per heavy atom. The van der Waals surface area contributed by atoms with E-state index in [0.29, 0.717) is 6.54 Å². The van der Waals surface area contributed by atoms with E-state index in [1.54, 1.807) is 16.9 Å². The van der Waals surface area contributed by atoms with Crippen molar-refractivity contribution in [1.29, 1.82) is 0 Å². The topological polar surface area (TPSA) is 29.9 Å². The van der Waals surface area contributed by atoms with Gasteiger partial charge in [0.1, 0.15) is 0 Å². The van der Waals surface area contributed by atoms with Crippen LogP contribution in [0.3, 0.4) is 0 Å². The van der Waals surface area contributed by atoms with Gasteiger partial charge in [-0.15, -0.1) is 0 Å². The van der Waals surface area contributed by atoms with Gasteiger partial charge < -0.3 is 5.32 Å². The molecule has 0 aliphatic heterocycles. The van der Waals surface area contributed by atoms with E-state index >= 15 is 0 Å². The summed E-state index contributed by atoms with van der Waals surface area (Å²) in [4.78, 5) is 0. The second-order valence-corrected chi connectivity index (χ2v) is 5.86. The van der Waals surface area contributed by atoms with E-state index in [-0.39, 0.29) is 11.2 Å². The molecule has 0 radical (unpaired) electrons. The van der Waals surface area contributed by atoms with Gasteiger partial charge in [-0.05, 0) is 32.9 Å². The van der Waals surface area contributed by atoms with Crippen LogP contribution >= 0.6 is 0 Å². The Balaban J connectivity index is 2.12. The predicted molar refractivity (Wildman–Crippen MR) is 76.0 cm³/mol. The normalized spacial score (nSPS) is 12.5. The summed E-state index contributed by atoms with van der Waals surface area (Å²) in [6.07, 6.45) is -0.864. The van der Waals surface area contributed by atoms with Gasteiger partial charge in [-0.3, -0.25) is 4.68 Å². The van der Waals surface area contributed by atoms with Crippen LogP contribution in [-0.4, -0.2) is 9.78 Å². The van der Waals surface area contributed by atoms with E-state index in [1.807, 2.05) is 27.0 Å². The van der Waals surface area contributed by atoms with Gasteiger partial charge in [-0.2, -0.15) is 18.3 Å². The molecule has 0 unspecified atom stereocenters. The first kappa shape index (κ1) is 15.4. The summed E-state index contributed by atoms with van der Waals surface area (Å²) < 4.78 is 40.4. The fourth-order valence-electron chi connectivity index (χ4n) is 1.90. The first-order valence-electron chi connectivity index (χ1n) is 6.62. The van der Waals surface area contributed by atoms with Crippen LogP contribution in [0.1, 0.15) is 31.9 Å². The van der Waals surface area contributed by atoms with Crippen molar-refractivity contribution in [3.63, 3.8) is 0 Å². The Bertz CT molecular complexity index is 609. The number of nitrogens with one attached hydrogen (secondary N) is 1. The van der Waals surface area contributed by atoms with Crippen LogP contribution in [0.4, 0.5) is 18.9 Å². The zero-order valence-corrected chi connectivity index (χ0v) is 12.2. The van der Waals surface area contributed by atoms with Crippen LogP contribution in [0.5, 0.6) is 0 Å². The van der Waals surface area contributed by atoms with Crippen molar-refractivity contribution < 1.29 is 13.2 Å². The standard InChI is InChI=1S/C15H18F3N3/c1-14(2,3)21-10-11(9-20-21)8-19-13-7-5-4-6-12(13)15(16,17)18/h4-7,9-10,19H,8H2,1-3H3. The minimum Gasteiger partial charge on any atom is -0.380 e. The van der Waals surface area contributed by atoms with Crippen molar-refractivity contribution in [3.05, 3.63) is 47.8 Å². The van der Waals surface area contributed by atoms with Gasteiger partial charge in [0.25, 0.3) is 0 Å². The molecule has 1 heterocycles. The van der Waals surface area contributed by atoms with Crippen molar-refractivity contribution in [2.24, 2.45) is 0 Å². The second-order valence-electron chi connectivity index (χ2n) is 5.86. The fraction of sp³-hybridized carbons (Fsp3) is 0.400. The molecule has 21 heavy (non-hydrogen) atoms. The molecule has 0 saturated carbocycles. The minimum atomic E-state index is -4.36. The van der Waals surface area contributed by atoms with Gasteiger partial charge in [-0.1, -0.05) is 12.1 Å². The van der Waals surface area contributed by atoms with Crippen molar-refractivity contribution in [2.75, 3.05) is 5.32 Å². The molecule has 1 N–H and O–H groups in total. The van der Waals surface area contributed by atoms with Crippen LogP contribution in [-0.2, 0) is 18.3 Å². The van der Waals surface area contributed by atoms with Gasteiger partial charge in [0.15, 0.2) is 0 Å². The van der Waals surface area contributed by atoms with E-state index < -0.39 is 11.7 Å². The van der Waals surface area contributed by atoms with E-state index in [4.69, 9.17) is 0 Å². The van der Waals surface area contributed by atoms with Gasteiger partial charge in [0, 0.05) is 24.0 Å². The average Bonchev–Trinajstić information content (AvgIpc) is 2.84. The summed E-state index contributed by atoms with van der Waals surface area (Å²) in [5.41, 5.74) is 0.103. The monoisotopic (exact) mass is 297 g/mol. The first-order valence-corrected chi connectivity index (χ1v) is 6.62. The lowest BCUT2D eigenvalue weighted by molar-refractivity contribution is -0.136. The Hall–Kier alpha value is -1.98. The van der Waals surface area contributed by atoms with Crippen LogP contribution in [0.15, 0.2) is 36.7 Å². The quantitative estimate of drug-likeness (QED) is 0.917.